The van der Waals surface area contributed by atoms with E-state index in [0.29, 0.717) is 23.8 Å². The second-order valence-electron chi connectivity index (χ2n) is 7.94. The zero-order valence-corrected chi connectivity index (χ0v) is 19.5. The van der Waals surface area contributed by atoms with E-state index in [1.165, 1.54) is 0 Å². The van der Waals surface area contributed by atoms with Crippen LogP contribution in [-0.4, -0.2) is 53.9 Å². The number of carbonyl (C=O) groups is 2. The van der Waals surface area contributed by atoms with Gasteiger partial charge in [0.1, 0.15) is 34.5 Å². The first-order chi connectivity index (χ1) is 15.2. The fraction of sp³-hybridized carbons (Fsp3) is 0.304. The fourth-order valence-corrected chi connectivity index (χ4v) is 4.70. The minimum Gasteiger partial charge on any atom is -0.492 e. The number of hydrogen-bond acceptors (Lipinski definition) is 8. The van der Waals surface area contributed by atoms with Crippen LogP contribution in [0.1, 0.15) is 18.3 Å². The number of carbonyl (C=O) groups excluding carboxylic acids is 2. The summed E-state index contributed by atoms with van der Waals surface area (Å²) < 4.78 is 5.79. The molecule has 9 heteroatoms. The summed E-state index contributed by atoms with van der Waals surface area (Å²) in [6.07, 6.45) is 0. The van der Waals surface area contributed by atoms with Gasteiger partial charge in [0.25, 0.3) is 11.8 Å². The predicted octanol–water partition coefficient (Wildman–Crippen LogP) is 3.26. The summed E-state index contributed by atoms with van der Waals surface area (Å²) >= 11 is 1.57. The van der Waals surface area contributed by atoms with Crippen molar-refractivity contribution in [3.05, 3.63) is 46.9 Å². The Kier molecular flexibility index (Phi) is 5.94. The Morgan fingerprint density at radius 3 is 2.41 bits per heavy atom. The summed E-state index contributed by atoms with van der Waals surface area (Å²) in [5.74, 6) is 1.09. The summed E-state index contributed by atoms with van der Waals surface area (Å²) in [6.45, 7) is 6.91. The number of rotatable bonds is 7. The number of hydrogen-bond donors (Lipinski definition) is 2. The summed E-state index contributed by atoms with van der Waals surface area (Å²) in [7, 11) is 4.03. The van der Waals surface area contributed by atoms with Gasteiger partial charge in [0.05, 0.1) is 5.39 Å². The maximum absolute atomic E-state index is 12.2. The van der Waals surface area contributed by atoms with E-state index in [9.17, 15) is 9.59 Å². The second kappa shape index (κ2) is 8.68. The smallest absolute Gasteiger partial charge is 0.275 e. The van der Waals surface area contributed by atoms with Gasteiger partial charge in [0, 0.05) is 17.0 Å². The Hall–Kier alpha value is -3.30. The highest BCUT2D eigenvalue weighted by Crippen LogP contribution is 2.40. The van der Waals surface area contributed by atoms with Gasteiger partial charge >= 0.3 is 0 Å². The quantitative estimate of drug-likeness (QED) is 0.532. The molecule has 0 saturated carbocycles. The molecular formula is C23H25N5O3S. The number of fused-ring (bicyclic) bond motifs is 1. The van der Waals surface area contributed by atoms with Crippen LogP contribution in [0.3, 0.4) is 0 Å². The maximum atomic E-state index is 12.2. The predicted molar refractivity (Wildman–Crippen MR) is 126 cm³/mol. The van der Waals surface area contributed by atoms with Crippen LogP contribution in [-0.2, 0) is 9.59 Å². The Balaban J connectivity index is 1.68. The van der Waals surface area contributed by atoms with E-state index in [1.807, 2.05) is 45.3 Å². The summed E-state index contributed by atoms with van der Waals surface area (Å²) in [5.41, 5.74) is 2.63. The number of nitrogens with one attached hydrogen (secondary N) is 2. The minimum absolute atomic E-state index is 0.223. The van der Waals surface area contributed by atoms with E-state index in [1.54, 1.807) is 25.2 Å². The average Bonchev–Trinajstić information content (AvgIpc) is 3.19. The van der Waals surface area contributed by atoms with Crippen molar-refractivity contribution in [2.75, 3.05) is 32.6 Å². The number of aromatic nitrogens is 2. The van der Waals surface area contributed by atoms with Gasteiger partial charge in [-0.3, -0.25) is 14.9 Å². The van der Waals surface area contributed by atoms with E-state index < -0.39 is 11.8 Å². The number of thiophene rings is 1. The van der Waals surface area contributed by atoms with Gasteiger partial charge in [0.15, 0.2) is 0 Å². The number of anilines is 1. The first kappa shape index (κ1) is 21.9. The van der Waals surface area contributed by atoms with Gasteiger partial charge < -0.3 is 15.0 Å². The van der Waals surface area contributed by atoms with Crippen LogP contribution in [0.2, 0.25) is 0 Å². The first-order valence-corrected chi connectivity index (χ1v) is 11.1. The lowest BCUT2D eigenvalue weighted by atomic mass is 10.1. The van der Waals surface area contributed by atoms with Crippen molar-refractivity contribution >= 4 is 39.2 Å². The number of amides is 2. The molecule has 0 spiro atoms. The van der Waals surface area contributed by atoms with Crippen LogP contribution >= 0.6 is 11.3 Å². The summed E-state index contributed by atoms with van der Waals surface area (Å²) in [4.78, 5) is 37.1. The standard InChI is InChI=1S/C23H25N5O3S/c1-12-17-20(26-18-13(2)21(29)27-22(18)30)24-14(3)25-23(17)32-19(12)15-6-8-16(9-7-15)31-11-10-28(4)5/h6-9H,10-11H2,1-5H3,(H2,24,25,26,27,29,30). The topological polar surface area (TPSA) is 96.5 Å². The van der Waals surface area contributed by atoms with Crippen molar-refractivity contribution in [3.8, 4) is 16.2 Å². The van der Waals surface area contributed by atoms with Gasteiger partial charge in [-0.15, -0.1) is 11.3 Å². The molecular weight excluding hydrogens is 426 g/mol. The second-order valence-corrected chi connectivity index (χ2v) is 8.94. The van der Waals surface area contributed by atoms with Gasteiger partial charge in [-0.25, -0.2) is 9.97 Å². The lowest BCUT2D eigenvalue weighted by Gasteiger charge is -2.11. The molecule has 1 aliphatic rings. The van der Waals surface area contributed by atoms with E-state index in [2.05, 4.69) is 25.5 Å². The molecule has 2 N–H and O–H groups in total. The van der Waals surface area contributed by atoms with Crippen molar-refractivity contribution in [1.29, 1.82) is 0 Å². The number of ether oxygens (including phenoxy) is 1. The molecule has 0 radical (unpaired) electrons. The molecule has 1 aliphatic heterocycles. The zero-order chi connectivity index (χ0) is 23.0. The van der Waals surface area contributed by atoms with E-state index in [0.717, 1.165) is 38.5 Å². The van der Waals surface area contributed by atoms with Crippen LogP contribution in [0, 0.1) is 13.8 Å². The van der Waals surface area contributed by atoms with Crippen molar-refractivity contribution in [3.63, 3.8) is 0 Å². The molecule has 0 aliphatic carbocycles. The third kappa shape index (κ3) is 4.21. The van der Waals surface area contributed by atoms with Gasteiger partial charge in [-0.2, -0.15) is 0 Å². The Labute approximate surface area is 190 Å². The Morgan fingerprint density at radius 1 is 1.06 bits per heavy atom. The van der Waals surface area contributed by atoms with E-state index in [4.69, 9.17) is 4.74 Å². The molecule has 0 bridgehead atoms. The van der Waals surface area contributed by atoms with Crippen molar-refractivity contribution in [2.24, 2.45) is 0 Å². The Bertz CT molecular complexity index is 1240. The first-order valence-electron chi connectivity index (χ1n) is 10.2. The normalized spacial score (nSPS) is 13.9. The summed E-state index contributed by atoms with van der Waals surface area (Å²) in [6, 6.07) is 8.00. The molecule has 0 unspecified atom stereocenters. The molecule has 3 heterocycles. The number of imide groups is 1. The molecule has 2 amide bonds. The lowest BCUT2D eigenvalue weighted by molar-refractivity contribution is -0.124. The highest BCUT2D eigenvalue weighted by Gasteiger charge is 2.28. The minimum atomic E-state index is -0.449. The average molecular weight is 452 g/mol. The third-order valence-corrected chi connectivity index (χ3v) is 6.47. The van der Waals surface area contributed by atoms with E-state index >= 15 is 0 Å². The monoisotopic (exact) mass is 451 g/mol. The van der Waals surface area contributed by atoms with Crippen LogP contribution in [0.25, 0.3) is 20.7 Å². The van der Waals surface area contributed by atoms with Crippen molar-refractivity contribution < 1.29 is 14.3 Å². The molecule has 32 heavy (non-hydrogen) atoms. The number of aryl methyl sites for hydroxylation is 2. The molecule has 4 rings (SSSR count). The fourth-order valence-electron chi connectivity index (χ4n) is 3.47. The largest absolute Gasteiger partial charge is 0.492 e. The molecule has 166 valence electrons. The van der Waals surface area contributed by atoms with Gasteiger partial charge in [-0.1, -0.05) is 0 Å². The van der Waals surface area contributed by atoms with Crippen LogP contribution in [0.5, 0.6) is 5.75 Å². The lowest BCUT2D eigenvalue weighted by Crippen LogP contribution is -2.24. The molecule has 0 atom stereocenters. The van der Waals surface area contributed by atoms with Gasteiger partial charge in [0.2, 0.25) is 0 Å². The number of likely N-dealkylation sites (N-methyl/N-ethyl adjacent to an activating group) is 1. The van der Waals surface area contributed by atoms with Crippen LogP contribution in [0.4, 0.5) is 5.82 Å². The van der Waals surface area contributed by atoms with Gasteiger partial charge in [-0.05, 0) is 70.3 Å². The summed E-state index contributed by atoms with van der Waals surface area (Å²) in [5, 5.41) is 6.22. The highest BCUT2D eigenvalue weighted by atomic mass is 32.1. The van der Waals surface area contributed by atoms with E-state index in [-0.39, 0.29) is 5.70 Å². The molecule has 8 nitrogen and oxygen atoms in total. The molecule has 0 saturated heterocycles. The Morgan fingerprint density at radius 2 is 1.78 bits per heavy atom. The zero-order valence-electron chi connectivity index (χ0n) is 18.7. The van der Waals surface area contributed by atoms with Crippen molar-refractivity contribution in [1.82, 2.24) is 20.2 Å². The van der Waals surface area contributed by atoms with Crippen LogP contribution < -0.4 is 15.4 Å². The third-order valence-electron chi connectivity index (χ3n) is 5.24. The SMILES string of the molecule is CC1=C(Nc2nc(C)nc3sc(-c4ccc(OCCN(C)C)cc4)c(C)c23)C(=O)NC1=O. The molecule has 1 aromatic carbocycles. The highest BCUT2D eigenvalue weighted by molar-refractivity contribution is 7.22. The maximum Gasteiger partial charge on any atom is 0.275 e. The molecule has 3 aromatic rings. The number of nitrogens with zero attached hydrogens (tertiary/aromatic N) is 3. The van der Waals surface area contributed by atoms with Crippen molar-refractivity contribution in [2.45, 2.75) is 20.8 Å². The number of benzene rings is 1. The van der Waals surface area contributed by atoms with Crippen LogP contribution in [0.15, 0.2) is 35.5 Å². The molecule has 0 fully saturated rings. The molecule has 2 aromatic heterocycles.